The van der Waals surface area contributed by atoms with Gasteiger partial charge < -0.3 is 9.55 Å². The highest BCUT2D eigenvalue weighted by molar-refractivity contribution is 7.07. The number of nitrogens with one attached hydrogen (secondary N) is 1. The minimum absolute atomic E-state index is 0.129. The average molecular weight is 343 g/mol. The van der Waals surface area contributed by atoms with Crippen molar-refractivity contribution >= 4 is 23.0 Å². The first-order valence-corrected chi connectivity index (χ1v) is 8.08. The lowest BCUT2D eigenvalue weighted by Gasteiger charge is -2.04. The van der Waals surface area contributed by atoms with Crippen molar-refractivity contribution in [2.45, 2.75) is 13.5 Å². The molecule has 0 aliphatic rings. The van der Waals surface area contributed by atoms with E-state index in [0.717, 1.165) is 0 Å². The van der Waals surface area contributed by atoms with Gasteiger partial charge in [0.1, 0.15) is 11.5 Å². The number of Topliss-reactive ketones (excluding diaryl/α,β-unsaturated/α-hetero) is 1. The number of hydrogen-bond donors (Lipinski definition) is 1. The van der Waals surface area contributed by atoms with Crippen LogP contribution in [-0.4, -0.2) is 21.2 Å². The fourth-order valence-corrected chi connectivity index (χ4v) is 2.91. The topological polar surface area (TPSA) is 67.2 Å². The highest BCUT2D eigenvalue weighted by Crippen LogP contribution is 2.09. The van der Waals surface area contributed by atoms with Crippen LogP contribution in [0.15, 0.2) is 53.1 Å². The van der Waals surface area contributed by atoms with Crippen molar-refractivity contribution in [1.82, 2.24) is 9.55 Å². The van der Waals surface area contributed by atoms with Crippen LogP contribution in [0.4, 0.5) is 4.39 Å². The molecule has 2 heterocycles. The molecule has 0 fully saturated rings. The Labute approximate surface area is 141 Å². The van der Waals surface area contributed by atoms with Gasteiger partial charge in [-0.25, -0.2) is 4.39 Å². The van der Waals surface area contributed by atoms with E-state index < -0.39 is 5.91 Å². The number of benzene rings is 1. The van der Waals surface area contributed by atoms with Gasteiger partial charge in [-0.1, -0.05) is 18.2 Å². The summed E-state index contributed by atoms with van der Waals surface area (Å²) in [4.78, 5) is 30.8. The third kappa shape index (κ3) is 3.41. The fraction of sp³-hybridized carbons (Fsp3) is 0.118. The van der Waals surface area contributed by atoms with Crippen molar-refractivity contribution in [3.63, 3.8) is 0 Å². The number of thiazole rings is 1. The van der Waals surface area contributed by atoms with E-state index in [9.17, 15) is 14.0 Å². The number of H-pyrrole nitrogens is 1. The molecule has 0 spiro atoms. The molecule has 0 aliphatic heterocycles. The first kappa shape index (κ1) is 16.1. The summed E-state index contributed by atoms with van der Waals surface area (Å²) in [5.41, 5.74) is 1.19. The maximum absolute atomic E-state index is 13.8. The molecule has 1 N–H and O–H groups in total. The second-order valence-electron chi connectivity index (χ2n) is 5.18. The van der Waals surface area contributed by atoms with Crippen molar-refractivity contribution in [2.24, 2.45) is 4.99 Å². The van der Waals surface area contributed by atoms with E-state index in [2.05, 4.69) is 9.98 Å². The number of rotatable bonds is 4. The minimum Gasteiger partial charge on any atom is -0.356 e. The Kier molecular flexibility index (Phi) is 4.52. The van der Waals surface area contributed by atoms with Crippen LogP contribution in [0, 0.1) is 5.82 Å². The molecule has 0 radical (unpaired) electrons. The Morgan fingerprint density at radius 2 is 2.12 bits per heavy atom. The van der Waals surface area contributed by atoms with Gasteiger partial charge in [-0.3, -0.25) is 9.59 Å². The average Bonchev–Trinajstić information content (AvgIpc) is 3.19. The Hall–Kier alpha value is -2.80. The molecule has 7 heteroatoms. The standard InChI is InChI=1S/C17H14FN3O2S/c1-11(22)13-8-15(19-9-13)16(23)20-17-21(6-7-24-17)10-12-4-2-3-5-14(12)18/h2-9,19H,10H2,1H3. The van der Waals surface area contributed by atoms with Gasteiger partial charge in [-0.05, 0) is 19.1 Å². The Balaban J connectivity index is 1.88. The molecule has 24 heavy (non-hydrogen) atoms. The summed E-state index contributed by atoms with van der Waals surface area (Å²) in [6.45, 7) is 1.71. The van der Waals surface area contributed by atoms with E-state index in [1.807, 2.05) is 0 Å². The van der Waals surface area contributed by atoms with E-state index in [4.69, 9.17) is 0 Å². The molecule has 0 saturated heterocycles. The second kappa shape index (κ2) is 6.76. The van der Waals surface area contributed by atoms with Crippen LogP contribution in [-0.2, 0) is 6.54 Å². The first-order valence-electron chi connectivity index (χ1n) is 7.20. The zero-order valence-electron chi connectivity index (χ0n) is 12.8. The molecule has 0 atom stereocenters. The lowest BCUT2D eigenvalue weighted by Crippen LogP contribution is -2.17. The summed E-state index contributed by atoms with van der Waals surface area (Å²) in [5.74, 6) is -0.910. The number of halogens is 1. The van der Waals surface area contributed by atoms with Crippen molar-refractivity contribution in [2.75, 3.05) is 0 Å². The Morgan fingerprint density at radius 1 is 1.33 bits per heavy atom. The van der Waals surface area contributed by atoms with Crippen LogP contribution in [0.2, 0.25) is 0 Å². The maximum atomic E-state index is 13.8. The largest absolute Gasteiger partial charge is 0.356 e. The highest BCUT2D eigenvalue weighted by atomic mass is 32.1. The normalized spacial score (nSPS) is 11.7. The van der Waals surface area contributed by atoms with Gasteiger partial charge in [0, 0.05) is 28.9 Å². The van der Waals surface area contributed by atoms with E-state index in [1.54, 1.807) is 34.3 Å². The van der Waals surface area contributed by atoms with E-state index in [1.165, 1.54) is 36.6 Å². The molecule has 1 amide bonds. The number of hydrogen-bond acceptors (Lipinski definition) is 3. The zero-order valence-corrected chi connectivity index (χ0v) is 13.6. The van der Waals surface area contributed by atoms with Crippen LogP contribution in [0.25, 0.3) is 0 Å². The molecule has 5 nitrogen and oxygen atoms in total. The molecule has 3 rings (SSSR count). The number of aromatic amines is 1. The Morgan fingerprint density at radius 3 is 2.83 bits per heavy atom. The molecule has 3 aromatic rings. The molecule has 122 valence electrons. The minimum atomic E-state index is -0.479. The molecule has 0 unspecified atom stereocenters. The fourth-order valence-electron chi connectivity index (χ4n) is 2.19. The van der Waals surface area contributed by atoms with Gasteiger partial charge in [-0.15, -0.1) is 11.3 Å². The molecular formula is C17H14FN3O2S. The van der Waals surface area contributed by atoms with E-state index >= 15 is 0 Å². The van der Waals surface area contributed by atoms with Crippen molar-refractivity contribution in [3.05, 3.63) is 75.5 Å². The van der Waals surface area contributed by atoms with Gasteiger partial charge >= 0.3 is 0 Å². The number of carbonyl (C=O) groups excluding carboxylic acids is 2. The predicted octanol–water partition coefficient (Wildman–Crippen LogP) is 3.01. The summed E-state index contributed by atoms with van der Waals surface area (Å²) in [5, 5.41) is 1.78. The van der Waals surface area contributed by atoms with E-state index in [0.29, 0.717) is 15.9 Å². The summed E-state index contributed by atoms with van der Waals surface area (Å²) in [7, 11) is 0. The van der Waals surface area contributed by atoms with Crippen LogP contribution in [0.5, 0.6) is 0 Å². The SMILES string of the molecule is CC(=O)c1c[nH]c(C(=O)N=c2sccn2Cc2ccccc2F)c1. The van der Waals surface area contributed by atoms with Gasteiger partial charge in [0.15, 0.2) is 10.6 Å². The molecular weight excluding hydrogens is 329 g/mol. The summed E-state index contributed by atoms with van der Waals surface area (Å²) < 4.78 is 15.5. The lowest BCUT2D eigenvalue weighted by atomic mass is 10.2. The van der Waals surface area contributed by atoms with Crippen molar-refractivity contribution < 1.29 is 14.0 Å². The molecule has 0 bridgehead atoms. The maximum Gasteiger partial charge on any atom is 0.296 e. The van der Waals surface area contributed by atoms with Crippen LogP contribution in [0.1, 0.15) is 33.3 Å². The molecule has 0 saturated carbocycles. The number of aromatic nitrogens is 2. The molecule has 0 aliphatic carbocycles. The number of carbonyl (C=O) groups is 2. The van der Waals surface area contributed by atoms with Crippen LogP contribution >= 0.6 is 11.3 Å². The predicted molar refractivity (Wildman–Crippen MR) is 88.5 cm³/mol. The lowest BCUT2D eigenvalue weighted by molar-refractivity contribution is 0.0992. The highest BCUT2D eigenvalue weighted by Gasteiger charge is 2.11. The second-order valence-corrected chi connectivity index (χ2v) is 6.05. The van der Waals surface area contributed by atoms with Gasteiger partial charge in [0.25, 0.3) is 5.91 Å². The molecule has 2 aromatic heterocycles. The van der Waals surface area contributed by atoms with Crippen LogP contribution < -0.4 is 4.80 Å². The summed E-state index contributed by atoms with van der Waals surface area (Å²) in [6.07, 6.45) is 3.23. The quantitative estimate of drug-likeness (QED) is 0.740. The van der Waals surface area contributed by atoms with Crippen LogP contribution in [0.3, 0.4) is 0 Å². The number of nitrogens with zero attached hydrogens (tertiary/aromatic N) is 2. The van der Waals surface area contributed by atoms with Gasteiger partial charge in [0.2, 0.25) is 0 Å². The zero-order chi connectivity index (χ0) is 17.1. The Bertz CT molecular complexity index is 968. The number of amides is 1. The third-order valence-corrected chi connectivity index (χ3v) is 4.27. The van der Waals surface area contributed by atoms with Crippen molar-refractivity contribution in [3.8, 4) is 0 Å². The summed E-state index contributed by atoms with van der Waals surface area (Å²) >= 11 is 1.28. The first-order chi connectivity index (χ1) is 11.5. The van der Waals surface area contributed by atoms with Gasteiger partial charge in [0.05, 0.1) is 6.54 Å². The monoisotopic (exact) mass is 343 g/mol. The van der Waals surface area contributed by atoms with E-state index in [-0.39, 0.29) is 23.8 Å². The smallest absolute Gasteiger partial charge is 0.296 e. The number of ketones is 1. The molecule has 1 aromatic carbocycles. The van der Waals surface area contributed by atoms with Gasteiger partial charge in [-0.2, -0.15) is 4.99 Å². The summed E-state index contributed by atoms with van der Waals surface area (Å²) in [6, 6.07) is 7.95. The third-order valence-electron chi connectivity index (χ3n) is 3.48. The van der Waals surface area contributed by atoms with Crippen molar-refractivity contribution in [1.29, 1.82) is 0 Å².